The van der Waals surface area contributed by atoms with Crippen LogP contribution in [0.4, 0.5) is 5.69 Å². The van der Waals surface area contributed by atoms with Crippen molar-refractivity contribution in [2.24, 2.45) is 17.6 Å². The smallest absolute Gasteiger partial charge is 0.229 e. The number of halogens is 1. The SMILES string of the molecule is CC1CCC(N2CC(C(=O)Nc3ccc(-c4n[nH]c(CN)n4)cc3)CC2=O)CC1.Cl. The Kier molecular flexibility index (Phi) is 7.10. The van der Waals surface area contributed by atoms with Crippen molar-refractivity contribution in [3.8, 4) is 11.4 Å². The van der Waals surface area contributed by atoms with Crippen LogP contribution in [0.5, 0.6) is 0 Å². The van der Waals surface area contributed by atoms with Crippen LogP contribution in [0.3, 0.4) is 0 Å². The van der Waals surface area contributed by atoms with Crippen molar-refractivity contribution in [2.75, 3.05) is 11.9 Å². The molecule has 0 spiro atoms. The van der Waals surface area contributed by atoms with Gasteiger partial charge in [0.2, 0.25) is 11.8 Å². The van der Waals surface area contributed by atoms with E-state index in [9.17, 15) is 9.59 Å². The zero-order valence-corrected chi connectivity index (χ0v) is 18.0. The molecule has 1 aromatic heterocycles. The Morgan fingerprint density at radius 1 is 1.23 bits per heavy atom. The van der Waals surface area contributed by atoms with Gasteiger partial charge in [-0.05, 0) is 55.9 Å². The number of H-pyrrole nitrogens is 1. The van der Waals surface area contributed by atoms with Crippen LogP contribution in [0.1, 0.15) is 44.9 Å². The van der Waals surface area contributed by atoms with Crippen molar-refractivity contribution in [1.29, 1.82) is 0 Å². The van der Waals surface area contributed by atoms with Crippen molar-refractivity contribution in [3.63, 3.8) is 0 Å². The van der Waals surface area contributed by atoms with Gasteiger partial charge in [-0.1, -0.05) is 6.92 Å². The average molecular weight is 433 g/mol. The number of rotatable bonds is 5. The van der Waals surface area contributed by atoms with Gasteiger partial charge >= 0.3 is 0 Å². The molecule has 2 amide bonds. The number of carbonyl (C=O) groups excluding carboxylic acids is 2. The largest absolute Gasteiger partial charge is 0.339 e. The Balaban J connectivity index is 0.00000256. The molecular formula is C21H29ClN6O2. The van der Waals surface area contributed by atoms with Crippen LogP contribution in [0.2, 0.25) is 0 Å². The van der Waals surface area contributed by atoms with Crippen LogP contribution in [0.15, 0.2) is 24.3 Å². The minimum Gasteiger partial charge on any atom is -0.339 e. The summed E-state index contributed by atoms with van der Waals surface area (Å²) in [5, 5.41) is 9.86. The number of hydrogen-bond donors (Lipinski definition) is 3. The third kappa shape index (κ3) is 4.82. The van der Waals surface area contributed by atoms with E-state index >= 15 is 0 Å². The Hall–Kier alpha value is -2.45. The van der Waals surface area contributed by atoms with Crippen LogP contribution in [0.25, 0.3) is 11.4 Å². The van der Waals surface area contributed by atoms with Gasteiger partial charge in [0.25, 0.3) is 0 Å². The van der Waals surface area contributed by atoms with E-state index in [4.69, 9.17) is 5.73 Å². The minimum absolute atomic E-state index is 0. The van der Waals surface area contributed by atoms with Crippen LogP contribution in [-0.4, -0.2) is 44.5 Å². The fraction of sp³-hybridized carbons (Fsp3) is 0.524. The third-order valence-electron chi connectivity index (χ3n) is 6.09. The first-order valence-electron chi connectivity index (χ1n) is 10.4. The number of nitrogens with one attached hydrogen (secondary N) is 2. The molecule has 30 heavy (non-hydrogen) atoms. The second-order valence-electron chi connectivity index (χ2n) is 8.24. The number of amides is 2. The summed E-state index contributed by atoms with van der Waals surface area (Å²) in [5.74, 6) is 1.66. The molecule has 2 fully saturated rings. The molecule has 1 saturated carbocycles. The lowest BCUT2D eigenvalue weighted by atomic mass is 9.87. The Bertz CT molecular complexity index is 876. The summed E-state index contributed by atoms with van der Waals surface area (Å²) in [4.78, 5) is 31.4. The molecule has 1 aliphatic heterocycles. The van der Waals surface area contributed by atoms with Gasteiger partial charge in [0.1, 0.15) is 5.82 Å². The van der Waals surface area contributed by atoms with Crippen LogP contribution >= 0.6 is 12.4 Å². The fourth-order valence-electron chi connectivity index (χ4n) is 4.28. The maximum Gasteiger partial charge on any atom is 0.229 e. The zero-order chi connectivity index (χ0) is 20.4. The lowest BCUT2D eigenvalue weighted by molar-refractivity contribution is -0.130. The molecule has 4 rings (SSSR count). The highest BCUT2D eigenvalue weighted by atomic mass is 35.5. The van der Waals surface area contributed by atoms with Crippen molar-refractivity contribution in [1.82, 2.24) is 20.1 Å². The number of aromatic nitrogens is 3. The Morgan fingerprint density at radius 2 is 1.93 bits per heavy atom. The van der Waals surface area contributed by atoms with Crippen LogP contribution in [0, 0.1) is 11.8 Å². The van der Waals surface area contributed by atoms with E-state index in [1.807, 2.05) is 29.2 Å². The van der Waals surface area contributed by atoms with Gasteiger partial charge in [0.05, 0.1) is 12.5 Å². The molecule has 1 atom stereocenters. The first-order chi connectivity index (χ1) is 14.0. The number of nitrogens with zero attached hydrogens (tertiary/aromatic N) is 3. The first-order valence-corrected chi connectivity index (χ1v) is 10.4. The molecule has 4 N–H and O–H groups in total. The van der Waals surface area contributed by atoms with Gasteiger partial charge in [0.15, 0.2) is 5.82 Å². The third-order valence-corrected chi connectivity index (χ3v) is 6.09. The standard InChI is InChI=1S/C21H28N6O2.ClH/c1-13-2-8-17(9-3-13)27-12-15(10-19(27)28)21(29)23-16-6-4-14(5-7-16)20-24-18(11-22)25-26-20;/h4-7,13,15,17H,2-3,8-12,22H2,1H3,(H,23,29)(H,24,25,26);1H. The molecule has 2 aromatic rings. The van der Waals surface area contributed by atoms with E-state index in [-0.39, 0.29) is 30.1 Å². The lowest BCUT2D eigenvalue weighted by Crippen LogP contribution is -2.39. The number of hydrogen-bond acceptors (Lipinski definition) is 5. The molecular weight excluding hydrogens is 404 g/mol. The van der Waals surface area contributed by atoms with Crippen molar-refractivity contribution < 1.29 is 9.59 Å². The highest BCUT2D eigenvalue weighted by Crippen LogP contribution is 2.31. The Labute approximate surface area is 182 Å². The highest BCUT2D eigenvalue weighted by molar-refractivity contribution is 5.97. The van der Waals surface area contributed by atoms with Crippen LogP contribution < -0.4 is 11.1 Å². The summed E-state index contributed by atoms with van der Waals surface area (Å²) in [6.07, 6.45) is 4.73. The highest BCUT2D eigenvalue weighted by Gasteiger charge is 2.38. The molecule has 0 bridgehead atoms. The predicted molar refractivity (Wildman–Crippen MR) is 117 cm³/mol. The normalized spacial score (nSPS) is 23.9. The molecule has 1 aliphatic carbocycles. The monoisotopic (exact) mass is 432 g/mol. The van der Waals surface area contributed by atoms with E-state index in [0.717, 1.165) is 37.2 Å². The number of aromatic amines is 1. The molecule has 8 nitrogen and oxygen atoms in total. The van der Waals surface area contributed by atoms with Gasteiger partial charge in [-0.25, -0.2) is 4.98 Å². The van der Waals surface area contributed by atoms with E-state index in [2.05, 4.69) is 27.4 Å². The molecule has 9 heteroatoms. The minimum atomic E-state index is -0.290. The zero-order valence-electron chi connectivity index (χ0n) is 17.1. The van der Waals surface area contributed by atoms with Crippen LogP contribution in [-0.2, 0) is 16.1 Å². The number of benzene rings is 1. The molecule has 1 aromatic carbocycles. The molecule has 162 valence electrons. The quantitative estimate of drug-likeness (QED) is 0.671. The van der Waals surface area contributed by atoms with Gasteiger partial charge in [-0.2, -0.15) is 5.10 Å². The second-order valence-corrected chi connectivity index (χ2v) is 8.24. The maximum atomic E-state index is 12.7. The number of likely N-dealkylation sites (tertiary alicyclic amines) is 1. The van der Waals surface area contributed by atoms with E-state index < -0.39 is 0 Å². The predicted octanol–water partition coefficient (Wildman–Crippen LogP) is 2.72. The second kappa shape index (κ2) is 9.57. The molecule has 0 radical (unpaired) electrons. The van der Waals surface area contributed by atoms with Crippen molar-refractivity contribution in [2.45, 2.75) is 51.6 Å². The summed E-state index contributed by atoms with van der Waals surface area (Å²) < 4.78 is 0. The topological polar surface area (TPSA) is 117 Å². The summed E-state index contributed by atoms with van der Waals surface area (Å²) in [6.45, 7) is 3.10. The van der Waals surface area contributed by atoms with Gasteiger partial charge in [-0.3, -0.25) is 14.7 Å². The molecule has 1 unspecified atom stereocenters. The Morgan fingerprint density at radius 3 is 2.57 bits per heavy atom. The number of carbonyl (C=O) groups is 2. The van der Waals surface area contributed by atoms with Crippen molar-refractivity contribution >= 4 is 29.9 Å². The van der Waals surface area contributed by atoms with Gasteiger partial charge in [0, 0.05) is 30.3 Å². The number of anilines is 1. The maximum absolute atomic E-state index is 12.7. The number of nitrogens with two attached hydrogens (primary N) is 1. The molecule has 1 saturated heterocycles. The van der Waals surface area contributed by atoms with E-state index in [1.165, 1.54) is 0 Å². The summed E-state index contributed by atoms with van der Waals surface area (Å²) in [7, 11) is 0. The van der Waals surface area contributed by atoms with Gasteiger partial charge < -0.3 is 16.0 Å². The summed E-state index contributed by atoms with van der Waals surface area (Å²) in [5.41, 5.74) is 7.08. The van der Waals surface area contributed by atoms with E-state index in [1.54, 1.807) is 0 Å². The van der Waals surface area contributed by atoms with Crippen molar-refractivity contribution in [3.05, 3.63) is 30.1 Å². The van der Waals surface area contributed by atoms with Gasteiger partial charge in [-0.15, -0.1) is 12.4 Å². The lowest BCUT2D eigenvalue weighted by Gasteiger charge is -2.33. The molecule has 2 heterocycles. The fourth-order valence-corrected chi connectivity index (χ4v) is 4.28. The average Bonchev–Trinajstić information content (AvgIpc) is 3.36. The first kappa shape index (κ1) is 22.2. The molecule has 2 aliphatic rings. The van der Waals surface area contributed by atoms with E-state index in [0.29, 0.717) is 42.9 Å². The summed E-state index contributed by atoms with van der Waals surface area (Å²) in [6, 6.07) is 7.66. The summed E-state index contributed by atoms with van der Waals surface area (Å²) >= 11 is 0.